The molecular weight excluding hydrogens is 374 g/mol. The fourth-order valence-corrected chi connectivity index (χ4v) is 3.79. The molecule has 0 bridgehead atoms. The summed E-state index contributed by atoms with van der Waals surface area (Å²) in [6.45, 7) is 0. The van der Waals surface area contributed by atoms with Gasteiger partial charge >= 0.3 is 0 Å². The smallest absolute Gasteiger partial charge is 0.300 e. The van der Waals surface area contributed by atoms with Crippen molar-refractivity contribution in [1.29, 1.82) is 0 Å². The van der Waals surface area contributed by atoms with Crippen LogP contribution < -0.4 is 5.32 Å². The molecule has 142 valence electrons. The number of anilines is 2. The lowest BCUT2D eigenvalue weighted by Crippen LogP contribution is -2.22. The average molecular weight is 393 g/mol. The summed E-state index contributed by atoms with van der Waals surface area (Å²) in [5.74, 6) is 0. The lowest BCUT2D eigenvalue weighted by Gasteiger charge is -2.11. The Hall–Kier alpha value is -3.16. The summed E-state index contributed by atoms with van der Waals surface area (Å²) in [4.78, 5) is 4.74. The van der Waals surface area contributed by atoms with Crippen LogP contribution in [0, 0.1) is 0 Å². The Morgan fingerprint density at radius 3 is 2.29 bits per heavy atom. The Labute approximate surface area is 163 Å². The Kier molecular flexibility index (Phi) is 4.62. The summed E-state index contributed by atoms with van der Waals surface area (Å²) >= 11 is 0. The number of nitrogens with zero attached hydrogens (tertiary/aromatic N) is 2. The molecule has 28 heavy (non-hydrogen) atoms. The zero-order valence-corrected chi connectivity index (χ0v) is 16.3. The molecule has 0 aliphatic heterocycles. The van der Waals surface area contributed by atoms with Crippen LogP contribution in [0.1, 0.15) is 0 Å². The Morgan fingerprint density at radius 1 is 0.893 bits per heavy atom. The molecule has 0 fully saturated rings. The van der Waals surface area contributed by atoms with E-state index in [1.165, 1.54) is 18.4 Å². The second-order valence-corrected chi connectivity index (χ2v) is 8.63. The molecule has 0 aliphatic carbocycles. The topological polar surface area (TPSA) is 75.4 Å². The maximum Gasteiger partial charge on any atom is 0.300 e. The third-order valence-electron chi connectivity index (χ3n) is 4.38. The second-order valence-electron chi connectivity index (χ2n) is 6.48. The second kappa shape index (κ2) is 7.10. The standard InChI is InChI=1S/C21H19N3O3S/c1-24(2)28(25,26)17-13-11-15(12-14-17)18-9-6-10-19-20(18)27-21(23-19)22-16-7-4-3-5-8-16/h3-14H,1-2H3,(H,22,23). The molecule has 4 aromatic rings. The molecule has 1 heterocycles. The maximum atomic E-state index is 12.3. The molecule has 0 amide bonds. The van der Waals surface area contributed by atoms with E-state index in [-0.39, 0.29) is 4.90 Å². The summed E-state index contributed by atoms with van der Waals surface area (Å²) in [5, 5.41) is 3.15. The van der Waals surface area contributed by atoms with Crippen molar-refractivity contribution in [1.82, 2.24) is 9.29 Å². The van der Waals surface area contributed by atoms with E-state index in [4.69, 9.17) is 4.42 Å². The molecule has 0 unspecified atom stereocenters. The minimum atomic E-state index is -3.46. The van der Waals surface area contributed by atoms with Crippen LogP contribution in [-0.4, -0.2) is 31.8 Å². The molecule has 0 saturated carbocycles. The number of nitrogens with one attached hydrogen (secondary N) is 1. The Morgan fingerprint density at radius 2 is 1.61 bits per heavy atom. The van der Waals surface area contributed by atoms with Crippen LogP contribution in [0.4, 0.5) is 11.7 Å². The molecule has 7 heteroatoms. The number of rotatable bonds is 5. The van der Waals surface area contributed by atoms with Crippen molar-refractivity contribution in [3.63, 3.8) is 0 Å². The van der Waals surface area contributed by atoms with Gasteiger partial charge in [0.15, 0.2) is 5.58 Å². The minimum Gasteiger partial charge on any atom is -0.423 e. The zero-order chi connectivity index (χ0) is 19.7. The molecular formula is C21H19N3O3S. The molecule has 3 aromatic carbocycles. The first-order chi connectivity index (χ1) is 13.4. The number of hydrogen-bond donors (Lipinski definition) is 1. The maximum absolute atomic E-state index is 12.3. The summed E-state index contributed by atoms with van der Waals surface area (Å²) in [6, 6.07) is 22.5. The van der Waals surface area contributed by atoms with Gasteiger partial charge < -0.3 is 9.73 Å². The monoisotopic (exact) mass is 393 g/mol. The van der Waals surface area contributed by atoms with E-state index >= 15 is 0 Å². The highest BCUT2D eigenvalue weighted by Gasteiger charge is 2.17. The molecule has 1 N–H and O–H groups in total. The number of sulfonamides is 1. The highest BCUT2D eigenvalue weighted by Crippen LogP contribution is 2.32. The van der Waals surface area contributed by atoms with Gasteiger partial charge in [0.05, 0.1) is 4.90 Å². The first-order valence-electron chi connectivity index (χ1n) is 8.70. The summed E-state index contributed by atoms with van der Waals surface area (Å²) in [6.07, 6.45) is 0. The molecule has 6 nitrogen and oxygen atoms in total. The van der Waals surface area contributed by atoms with Crippen LogP contribution in [-0.2, 0) is 10.0 Å². The zero-order valence-electron chi connectivity index (χ0n) is 15.5. The van der Waals surface area contributed by atoms with E-state index in [0.29, 0.717) is 11.6 Å². The van der Waals surface area contributed by atoms with Crippen LogP contribution in [0.3, 0.4) is 0 Å². The normalized spacial score (nSPS) is 11.8. The van der Waals surface area contributed by atoms with Crippen LogP contribution in [0.15, 0.2) is 82.1 Å². The van der Waals surface area contributed by atoms with Crippen molar-refractivity contribution in [2.24, 2.45) is 0 Å². The quantitative estimate of drug-likeness (QED) is 0.541. The van der Waals surface area contributed by atoms with Crippen LogP contribution in [0.5, 0.6) is 0 Å². The summed E-state index contributed by atoms with van der Waals surface area (Å²) in [5.41, 5.74) is 3.95. The average Bonchev–Trinajstić information content (AvgIpc) is 3.11. The van der Waals surface area contributed by atoms with E-state index in [1.807, 2.05) is 48.5 Å². The van der Waals surface area contributed by atoms with Gasteiger partial charge in [0.25, 0.3) is 6.01 Å². The molecule has 1 aromatic heterocycles. The first-order valence-corrected chi connectivity index (χ1v) is 10.1. The molecule has 0 radical (unpaired) electrons. The first kappa shape index (κ1) is 18.2. The number of para-hydroxylation sites is 2. The van der Waals surface area contributed by atoms with E-state index < -0.39 is 10.0 Å². The lowest BCUT2D eigenvalue weighted by molar-refractivity contribution is 0.521. The minimum absolute atomic E-state index is 0.248. The van der Waals surface area contributed by atoms with Gasteiger partial charge in [-0.25, -0.2) is 12.7 Å². The summed E-state index contributed by atoms with van der Waals surface area (Å²) < 4.78 is 31.7. The lowest BCUT2D eigenvalue weighted by atomic mass is 10.1. The molecule has 0 saturated heterocycles. The van der Waals surface area contributed by atoms with Crippen molar-refractivity contribution in [2.45, 2.75) is 4.90 Å². The highest BCUT2D eigenvalue weighted by atomic mass is 32.2. The number of oxazole rings is 1. The number of fused-ring (bicyclic) bond motifs is 1. The van der Waals surface area contributed by atoms with Crippen molar-refractivity contribution in [3.8, 4) is 11.1 Å². The fourth-order valence-electron chi connectivity index (χ4n) is 2.89. The van der Waals surface area contributed by atoms with Crippen molar-refractivity contribution in [2.75, 3.05) is 19.4 Å². The van der Waals surface area contributed by atoms with Crippen LogP contribution in [0.2, 0.25) is 0 Å². The SMILES string of the molecule is CN(C)S(=O)(=O)c1ccc(-c2cccc3nc(Nc4ccccc4)oc23)cc1. The van der Waals surface area contributed by atoms with Crippen molar-refractivity contribution < 1.29 is 12.8 Å². The molecule has 0 atom stereocenters. The molecule has 0 spiro atoms. The third kappa shape index (κ3) is 3.37. The predicted molar refractivity (Wildman–Crippen MR) is 110 cm³/mol. The van der Waals surface area contributed by atoms with Gasteiger partial charge in [-0.15, -0.1) is 0 Å². The third-order valence-corrected chi connectivity index (χ3v) is 6.21. The van der Waals surface area contributed by atoms with Gasteiger partial charge in [0, 0.05) is 25.3 Å². The Balaban J connectivity index is 1.71. The summed E-state index contributed by atoms with van der Waals surface area (Å²) in [7, 11) is -0.434. The van der Waals surface area contributed by atoms with Gasteiger partial charge in [-0.05, 0) is 35.9 Å². The molecule has 0 aliphatic rings. The molecule has 4 rings (SSSR count). The number of aromatic nitrogens is 1. The van der Waals surface area contributed by atoms with E-state index in [2.05, 4.69) is 10.3 Å². The van der Waals surface area contributed by atoms with Crippen molar-refractivity contribution >= 4 is 32.8 Å². The van der Waals surface area contributed by atoms with Crippen LogP contribution in [0.25, 0.3) is 22.2 Å². The van der Waals surface area contributed by atoms with Crippen molar-refractivity contribution in [3.05, 3.63) is 72.8 Å². The van der Waals surface area contributed by atoms with E-state index in [1.54, 1.807) is 24.3 Å². The van der Waals surface area contributed by atoms with Crippen LogP contribution >= 0.6 is 0 Å². The number of hydrogen-bond acceptors (Lipinski definition) is 5. The largest absolute Gasteiger partial charge is 0.423 e. The van der Waals surface area contributed by atoms with E-state index in [0.717, 1.165) is 22.3 Å². The Bertz CT molecular complexity index is 1210. The van der Waals surface area contributed by atoms with Gasteiger partial charge in [-0.3, -0.25) is 0 Å². The fraction of sp³-hybridized carbons (Fsp3) is 0.0952. The number of benzene rings is 3. The van der Waals surface area contributed by atoms with Gasteiger partial charge in [-0.2, -0.15) is 4.98 Å². The van der Waals surface area contributed by atoms with Gasteiger partial charge in [0.1, 0.15) is 5.52 Å². The highest BCUT2D eigenvalue weighted by molar-refractivity contribution is 7.89. The van der Waals surface area contributed by atoms with Gasteiger partial charge in [-0.1, -0.05) is 42.5 Å². The predicted octanol–water partition coefficient (Wildman–Crippen LogP) is 4.49. The van der Waals surface area contributed by atoms with E-state index in [9.17, 15) is 8.42 Å². The van der Waals surface area contributed by atoms with Gasteiger partial charge in [0.2, 0.25) is 10.0 Å².